The van der Waals surface area contributed by atoms with Crippen LogP contribution in [0.3, 0.4) is 0 Å². The Hall–Kier alpha value is -0.160. The molecule has 4 nitrogen and oxygen atoms in total. The van der Waals surface area contributed by atoms with Gasteiger partial charge in [0.25, 0.3) is 0 Å². The zero-order valence-electron chi connectivity index (χ0n) is 14.6. The first-order chi connectivity index (χ1) is 10.9. The van der Waals surface area contributed by atoms with Crippen molar-refractivity contribution in [3.05, 3.63) is 0 Å². The van der Waals surface area contributed by atoms with Crippen LogP contribution in [0.4, 0.5) is 0 Å². The first-order valence-electron chi connectivity index (χ1n) is 9.81. The Labute approximate surface area is 138 Å². The van der Waals surface area contributed by atoms with Gasteiger partial charge in [0.2, 0.25) is 0 Å². The molecule has 0 aromatic carbocycles. The van der Waals surface area contributed by atoms with Crippen LogP contribution < -0.4 is 10.6 Å². The maximum atomic E-state index is 3.48. The summed E-state index contributed by atoms with van der Waals surface area (Å²) in [5.41, 5.74) is 0. The lowest BCUT2D eigenvalue weighted by Gasteiger charge is -2.19. The van der Waals surface area contributed by atoms with Gasteiger partial charge < -0.3 is 20.4 Å². The molecule has 2 heterocycles. The Balaban J connectivity index is 1.36. The summed E-state index contributed by atoms with van der Waals surface area (Å²) in [6.07, 6.45) is 11.2. The Kier molecular flexibility index (Phi) is 10.2. The highest BCUT2D eigenvalue weighted by molar-refractivity contribution is 4.67. The molecule has 2 N–H and O–H groups in total. The summed E-state index contributed by atoms with van der Waals surface area (Å²) in [6.45, 7) is 12.6. The number of nitrogens with zero attached hydrogens (tertiary/aromatic N) is 2. The Morgan fingerprint density at radius 2 is 0.955 bits per heavy atom. The molecule has 130 valence electrons. The molecule has 0 spiro atoms. The van der Waals surface area contributed by atoms with Crippen molar-refractivity contribution in [2.45, 2.75) is 51.4 Å². The predicted molar refractivity (Wildman–Crippen MR) is 95.6 cm³/mol. The second-order valence-corrected chi connectivity index (χ2v) is 7.01. The molecule has 2 saturated heterocycles. The Bertz CT molecular complexity index is 217. The number of hydrogen-bond donors (Lipinski definition) is 2. The van der Waals surface area contributed by atoms with E-state index in [0.717, 1.165) is 0 Å². The van der Waals surface area contributed by atoms with Crippen molar-refractivity contribution in [3.8, 4) is 0 Å². The van der Waals surface area contributed by atoms with E-state index in [2.05, 4.69) is 20.4 Å². The molecule has 0 unspecified atom stereocenters. The van der Waals surface area contributed by atoms with Crippen molar-refractivity contribution < 1.29 is 0 Å². The van der Waals surface area contributed by atoms with E-state index >= 15 is 0 Å². The van der Waals surface area contributed by atoms with E-state index in [1.807, 2.05) is 0 Å². The summed E-state index contributed by atoms with van der Waals surface area (Å²) in [7, 11) is 0. The third kappa shape index (κ3) is 8.47. The topological polar surface area (TPSA) is 30.5 Å². The zero-order valence-corrected chi connectivity index (χ0v) is 14.6. The first kappa shape index (κ1) is 18.2. The van der Waals surface area contributed by atoms with Crippen LogP contribution in [0.5, 0.6) is 0 Å². The van der Waals surface area contributed by atoms with E-state index < -0.39 is 0 Å². The molecule has 0 radical (unpaired) electrons. The molecule has 0 atom stereocenters. The summed E-state index contributed by atoms with van der Waals surface area (Å²) < 4.78 is 0. The second kappa shape index (κ2) is 12.3. The van der Waals surface area contributed by atoms with E-state index in [1.165, 1.54) is 117 Å². The summed E-state index contributed by atoms with van der Waals surface area (Å²) in [5.74, 6) is 0. The molecule has 0 saturated carbocycles. The molecule has 2 aliphatic rings. The van der Waals surface area contributed by atoms with Crippen molar-refractivity contribution in [1.29, 1.82) is 0 Å². The molecule has 4 heteroatoms. The fourth-order valence-electron chi connectivity index (χ4n) is 3.63. The van der Waals surface area contributed by atoms with Gasteiger partial charge in [0.05, 0.1) is 0 Å². The van der Waals surface area contributed by atoms with Gasteiger partial charge in [-0.05, 0) is 65.0 Å². The molecular formula is C18H38N4. The highest BCUT2D eigenvalue weighted by Gasteiger charge is 2.08. The Morgan fingerprint density at radius 3 is 1.45 bits per heavy atom. The standard InChI is InChI=1S/C18H38N4/c1(3-5-13-21-15-7-9-19-11-17-21)2-4-6-14-22-16-8-10-20-12-18-22/h19-20H,1-18H2. The van der Waals surface area contributed by atoms with Gasteiger partial charge >= 0.3 is 0 Å². The fourth-order valence-corrected chi connectivity index (χ4v) is 3.63. The SMILES string of the molecule is C(CCCCN1CCCNCC1)CCCN1CCCNCC1. The molecule has 0 bridgehead atoms. The molecule has 0 aromatic heterocycles. The number of rotatable bonds is 9. The van der Waals surface area contributed by atoms with Crippen LogP contribution in [0.1, 0.15) is 51.4 Å². The normalized spacial score (nSPS) is 22.4. The van der Waals surface area contributed by atoms with E-state index in [4.69, 9.17) is 0 Å². The molecule has 2 rings (SSSR count). The first-order valence-corrected chi connectivity index (χ1v) is 9.81. The third-order valence-electron chi connectivity index (χ3n) is 5.06. The van der Waals surface area contributed by atoms with Crippen LogP contribution in [0.25, 0.3) is 0 Å². The maximum Gasteiger partial charge on any atom is 0.0107 e. The van der Waals surface area contributed by atoms with Crippen LogP contribution >= 0.6 is 0 Å². The number of hydrogen-bond acceptors (Lipinski definition) is 4. The van der Waals surface area contributed by atoms with Crippen LogP contribution in [-0.4, -0.2) is 75.2 Å². The molecular weight excluding hydrogens is 272 g/mol. The van der Waals surface area contributed by atoms with E-state index in [-0.39, 0.29) is 0 Å². The van der Waals surface area contributed by atoms with Gasteiger partial charge in [-0.1, -0.05) is 25.7 Å². The molecule has 0 aliphatic carbocycles. The second-order valence-electron chi connectivity index (χ2n) is 7.01. The fraction of sp³-hybridized carbons (Fsp3) is 1.00. The third-order valence-corrected chi connectivity index (χ3v) is 5.06. The van der Waals surface area contributed by atoms with Gasteiger partial charge in [0.1, 0.15) is 0 Å². The van der Waals surface area contributed by atoms with E-state index in [0.29, 0.717) is 0 Å². The molecule has 2 aliphatic heterocycles. The van der Waals surface area contributed by atoms with Crippen LogP contribution in [0, 0.1) is 0 Å². The highest BCUT2D eigenvalue weighted by atomic mass is 15.2. The van der Waals surface area contributed by atoms with Crippen molar-refractivity contribution in [1.82, 2.24) is 20.4 Å². The van der Waals surface area contributed by atoms with Crippen molar-refractivity contribution in [3.63, 3.8) is 0 Å². The van der Waals surface area contributed by atoms with Gasteiger partial charge in [-0.2, -0.15) is 0 Å². The monoisotopic (exact) mass is 310 g/mol. The van der Waals surface area contributed by atoms with Crippen molar-refractivity contribution in [2.24, 2.45) is 0 Å². The van der Waals surface area contributed by atoms with Gasteiger partial charge in [0.15, 0.2) is 0 Å². The van der Waals surface area contributed by atoms with Crippen molar-refractivity contribution in [2.75, 3.05) is 65.4 Å². The molecule has 0 aromatic rings. The lowest BCUT2D eigenvalue weighted by atomic mass is 10.1. The summed E-state index contributed by atoms with van der Waals surface area (Å²) in [4.78, 5) is 5.29. The van der Waals surface area contributed by atoms with Crippen LogP contribution in [-0.2, 0) is 0 Å². The smallest absolute Gasteiger partial charge is 0.0107 e. The average molecular weight is 311 g/mol. The minimum atomic E-state index is 1.19. The van der Waals surface area contributed by atoms with Crippen LogP contribution in [0.15, 0.2) is 0 Å². The average Bonchev–Trinajstić information content (AvgIpc) is 2.94. The van der Waals surface area contributed by atoms with Gasteiger partial charge in [-0.15, -0.1) is 0 Å². The van der Waals surface area contributed by atoms with Gasteiger partial charge in [-0.3, -0.25) is 0 Å². The summed E-state index contributed by atoms with van der Waals surface area (Å²) in [5, 5.41) is 6.97. The van der Waals surface area contributed by atoms with Gasteiger partial charge in [0, 0.05) is 26.2 Å². The molecule has 0 amide bonds. The van der Waals surface area contributed by atoms with Gasteiger partial charge in [-0.25, -0.2) is 0 Å². The highest BCUT2D eigenvalue weighted by Crippen LogP contribution is 2.08. The lowest BCUT2D eigenvalue weighted by molar-refractivity contribution is 0.279. The predicted octanol–water partition coefficient (Wildman–Crippen LogP) is 1.92. The quantitative estimate of drug-likeness (QED) is 0.637. The largest absolute Gasteiger partial charge is 0.315 e. The van der Waals surface area contributed by atoms with E-state index in [9.17, 15) is 0 Å². The van der Waals surface area contributed by atoms with Crippen molar-refractivity contribution >= 4 is 0 Å². The molecule has 2 fully saturated rings. The minimum Gasteiger partial charge on any atom is -0.315 e. The number of unbranched alkanes of at least 4 members (excludes halogenated alkanes) is 5. The zero-order chi connectivity index (χ0) is 15.3. The van der Waals surface area contributed by atoms with E-state index in [1.54, 1.807) is 0 Å². The summed E-state index contributed by atoms with van der Waals surface area (Å²) in [6, 6.07) is 0. The maximum absolute atomic E-state index is 3.48. The summed E-state index contributed by atoms with van der Waals surface area (Å²) >= 11 is 0. The Morgan fingerprint density at radius 1 is 0.500 bits per heavy atom. The molecule has 22 heavy (non-hydrogen) atoms. The van der Waals surface area contributed by atoms with Crippen LogP contribution in [0.2, 0.25) is 0 Å². The lowest BCUT2D eigenvalue weighted by Crippen LogP contribution is -2.29. The number of nitrogens with one attached hydrogen (secondary N) is 2. The minimum absolute atomic E-state index is 1.19.